The maximum atomic E-state index is 13.0. The van der Waals surface area contributed by atoms with E-state index in [-0.39, 0.29) is 18.4 Å². The fourth-order valence-corrected chi connectivity index (χ4v) is 5.46. The summed E-state index contributed by atoms with van der Waals surface area (Å²) in [6.07, 6.45) is 8.11. The third-order valence-electron chi connectivity index (χ3n) is 6.31. The van der Waals surface area contributed by atoms with Gasteiger partial charge in [-0.3, -0.25) is 9.69 Å². The second kappa shape index (κ2) is 10.5. The van der Waals surface area contributed by atoms with Gasteiger partial charge in [0.1, 0.15) is 5.76 Å². The van der Waals surface area contributed by atoms with E-state index in [0.29, 0.717) is 22.8 Å². The summed E-state index contributed by atoms with van der Waals surface area (Å²) in [5.41, 5.74) is 0.967. The van der Waals surface area contributed by atoms with Crippen LogP contribution in [0.25, 0.3) is 0 Å². The molecule has 7 nitrogen and oxygen atoms in total. The van der Waals surface area contributed by atoms with Gasteiger partial charge in [0.15, 0.2) is 12.5 Å². The zero-order chi connectivity index (χ0) is 23.4. The van der Waals surface area contributed by atoms with E-state index in [1.165, 1.54) is 11.3 Å². The highest BCUT2D eigenvalue weighted by Crippen LogP contribution is 2.32. The van der Waals surface area contributed by atoms with Crippen LogP contribution in [0.2, 0.25) is 0 Å². The number of nitrogens with zero attached hydrogens (tertiary/aromatic N) is 3. The van der Waals surface area contributed by atoms with Crippen molar-refractivity contribution in [2.45, 2.75) is 77.3 Å². The molecule has 3 heterocycles. The first kappa shape index (κ1) is 24.1. The number of carbonyl (C=O) groups excluding carboxylic acids is 1. The Morgan fingerprint density at radius 1 is 1.36 bits per heavy atom. The van der Waals surface area contributed by atoms with Crippen LogP contribution in [0.5, 0.6) is 5.19 Å². The summed E-state index contributed by atoms with van der Waals surface area (Å²) in [7, 11) is 0. The minimum Gasteiger partial charge on any atom is -0.464 e. The number of amides is 1. The number of rotatable bonds is 9. The Labute approximate surface area is 196 Å². The molecular weight excluding hydrogens is 450 g/mol. The maximum absolute atomic E-state index is 13.0. The molecule has 0 saturated heterocycles. The van der Waals surface area contributed by atoms with Crippen molar-refractivity contribution in [1.29, 1.82) is 0 Å². The molecule has 2 aliphatic rings. The summed E-state index contributed by atoms with van der Waals surface area (Å²) < 4.78 is 36.6. The van der Waals surface area contributed by atoms with Gasteiger partial charge in [-0.2, -0.15) is 0 Å². The lowest BCUT2D eigenvalue weighted by Crippen LogP contribution is -2.39. The largest absolute Gasteiger partial charge is 0.464 e. The number of fused-ring (bicyclic) bond motifs is 1. The molecule has 0 atom stereocenters. The zero-order valence-electron chi connectivity index (χ0n) is 19.2. The number of aromatic nitrogens is 2. The molecule has 4 rings (SSSR count). The van der Waals surface area contributed by atoms with Gasteiger partial charge in [-0.25, -0.2) is 18.7 Å². The quantitative estimate of drug-likeness (QED) is 0.579. The van der Waals surface area contributed by atoms with Gasteiger partial charge < -0.3 is 14.5 Å². The Bertz CT molecular complexity index is 935. The lowest BCUT2D eigenvalue weighted by atomic mass is 9.84. The number of thiazole rings is 1. The number of alkyl halides is 2. The number of hydrogen-bond donors (Lipinski definition) is 1. The Morgan fingerprint density at radius 2 is 2.15 bits per heavy atom. The highest BCUT2D eigenvalue weighted by atomic mass is 32.1. The smallest absolute Gasteiger partial charge is 0.278 e. The number of ether oxygens (including phenoxy) is 1. The molecule has 1 saturated carbocycles. The second-order valence-electron chi connectivity index (χ2n) is 9.33. The minimum atomic E-state index is -2.85. The number of halogens is 2. The zero-order valence-corrected chi connectivity index (χ0v) is 20.1. The Morgan fingerprint density at radius 3 is 2.85 bits per heavy atom. The third-order valence-corrected chi connectivity index (χ3v) is 7.38. The standard InChI is InChI=1S/C23H32F2N4O3S/c1-15-26-12-18(32-15)11-21(30)27-17-5-3-16(4-6-17)7-9-29-10-8-20-19(13-29)28-22(33-20)31-14-23(2,24)25/h12,16-17H,3-11,13-14H2,1-2H3,(H,27,30)/t16-,17-. The van der Waals surface area contributed by atoms with Gasteiger partial charge in [-0.1, -0.05) is 11.3 Å². The molecule has 1 aliphatic heterocycles. The second-order valence-corrected chi connectivity index (χ2v) is 10.4. The molecular formula is C23H32F2N4O3S. The van der Waals surface area contributed by atoms with E-state index >= 15 is 0 Å². The van der Waals surface area contributed by atoms with Gasteiger partial charge in [-0.05, 0) is 51.0 Å². The molecule has 10 heteroatoms. The number of hydrogen-bond acceptors (Lipinski definition) is 7. The fourth-order valence-electron chi connectivity index (χ4n) is 4.55. The van der Waals surface area contributed by atoms with E-state index in [1.54, 1.807) is 13.1 Å². The van der Waals surface area contributed by atoms with Gasteiger partial charge in [0.25, 0.3) is 11.1 Å². The van der Waals surface area contributed by atoms with Crippen LogP contribution < -0.4 is 10.1 Å². The van der Waals surface area contributed by atoms with Gasteiger partial charge in [-0.15, -0.1) is 0 Å². The highest BCUT2D eigenvalue weighted by Gasteiger charge is 2.27. The van der Waals surface area contributed by atoms with Crippen molar-refractivity contribution in [3.63, 3.8) is 0 Å². The van der Waals surface area contributed by atoms with Crippen molar-refractivity contribution in [3.8, 4) is 5.19 Å². The molecule has 0 bridgehead atoms. The molecule has 182 valence electrons. The monoisotopic (exact) mass is 482 g/mol. The van der Waals surface area contributed by atoms with Crippen LogP contribution in [0, 0.1) is 12.8 Å². The topological polar surface area (TPSA) is 80.5 Å². The normalized spacial score (nSPS) is 21.6. The van der Waals surface area contributed by atoms with E-state index < -0.39 is 12.5 Å². The molecule has 1 aliphatic carbocycles. The predicted octanol–water partition coefficient (Wildman–Crippen LogP) is 4.14. The third kappa shape index (κ3) is 7.20. The van der Waals surface area contributed by atoms with Crippen LogP contribution >= 0.6 is 11.3 Å². The van der Waals surface area contributed by atoms with Gasteiger partial charge in [0, 0.05) is 37.9 Å². The highest BCUT2D eigenvalue weighted by molar-refractivity contribution is 7.13. The van der Waals surface area contributed by atoms with Crippen molar-refractivity contribution in [3.05, 3.63) is 28.4 Å². The van der Waals surface area contributed by atoms with Gasteiger partial charge >= 0.3 is 0 Å². The number of oxazole rings is 1. The van der Waals surface area contributed by atoms with Crippen LogP contribution in [-0.2, 0) is 24.2 Å². The van der Waals surface area contributed by atoms with Crippen LogP contribution in [0.4, 0.5) is 8.78 Å². The number of aryl methyl sites for hydroxylation is 1. The number of nitrogens with one attached hydrogen (secondary N) is 1. The average molecular weight is 483 g/mol. The van der Waals surface area contributed by atoms with Gasteiger partial charge in [0.05, 0.1) is 18.3 Å². The first-order chi connectivity index (χ1) is 15.7. The average Bonchev–Trinajstić information content (AvgIpc) is 3.36. The molecule has 1 amide bonds. The molecule has 2 aromatic rings. The van der Waals surface area contributed by atoms with E-state index in [1.807, 2.05) is 0 Å². The SMILES string of the molecule is Cc1ncc(CC(=O)N[C@H]2CC[C@H](CCN3CCc4sc(OCC(C)(F)F)nc4C3)CC2)o1. The van der Waals surface area contributed by atoms with E-state index in [2.05, 4.69) is 20.2 Å². The Balaban J connectivity index is 1.15. The molecule has 0 radical (unpaired) electrons. The molecule has 0 unspecified atom stereocenters. The first-order valence-corrected chi connectivity index (χ1v) is 12.5. The molecule has 2 aromatic heterocycles. The lowest BCUT2D eigenvalue weighted by Gasteiger charge is -2.31. The maximum Gasteiger partial charge on any atom is 0.278 e. The molecule has 1 N–H and O–H groups in total. The predicted molar refractivity (Wildman–Crippen MR) is 121 cm³/mol. The summed E-state index contributed by atoms with van der Waals surface area (Å²) in [6.45, 7) is 4.71. The molecule has 0 spiro atoms. The lowest BCUT2D eigenvalue weighted by molar-refractivity contribution is -0.121. The molecule has 1 fully saturated rings. The minimum absolute atomic E-state index is 0.00649. The Kier molecular flexibility index (Phi) is 7.63. The summed E-state index contributed by atoms with van der Waals surface area (Å²) in [5, 5.41) is 3.48. The molecule has 33 heavy (non-hydrogen) atoms. The summed E-state index contributed by atoms with van der Waals surface area (Å²) in [4.78, 5) is 24.3. The van der Waals surface area contributed by atoms with Crippen LogP contribution in [0.1, 0.15) is 61.2 Å². The van der Waals surface area contributed by atoms with Crippen LogP contribution in [0.3, 0.4) is 0 Å². The van der Waals surface area contributed by atoms with E-state index in [4.69, 9.17) is 9.15 Å². The fraction of sp³-hybridized carbons (Fsp3) is 0.696. The summed E-state index contributed by atoms with van der Waals surface area (Å²) in [5.74, 6) is -1.01. The summed E-state index contributed by atoms with van der Waals surface area (Å²) >= 11 is 1.39. The van der Waals surface area contributed by atoms with Crippen molar-refractivity contribution in [1.82, 2.24) is 20.2 Å². The van der Waals surface area contributed by atoms with E-state index in [0.717, 1.165) is 75.7 Å². The van der Waals surface area contributed by atoms with Crippen molar-refractivity contribution >= 4 is 17.2 Å². The Hall–Kier alpha value is -2.07. The van der Waals surface area contributed by atoms with Crippen LogP contribution in [-0.4, -0.2) is 52.4 Å². The summed E-state index contributed by atoms with van der Waals surface area (Å²) in [6, 6.07) is 0.235. The van der Waals surface area contributed by atoms with Crippen molar-refractivity contribution in [2.24, 2.45) is 5.92 Å². The number of carbonyl (C=O) groups is 1. The first-order valence-electron chi connectivity index (χ1n) is 11.7. The van der Waals surface area contributed by atoms with Crippen molar-refractivity contribution in [2.75, 3.05) is 19.7 Å². The van der Waals surface area contributed by atoms with Gasteiger partial charge in [0.2, 0.25) is 5.91 Å². The van der Waals surface area contributed by atoms with Crippen LogP contribution in [0.15, 0.2) is 10.6 Å². The molecule has 0 aromatic carbocycles. The van der Waals surface area contributed by atoms with E-state index in [9.17, 15) is 13.6 Å². The van der Waals surface area contributed by atoms with Crippen molar-refractivity contribution < 1.29 is 22.7 Å².